The Bertz CT molecular complexity index is 475. The highest BCUT2D eigenvalue weighted by Gasteiger charge is 2.09. The maximum Gasteiger partial charge on any atom is 0.0317 e. The Morgan fingerprint density at radius 3 is 1.39 bits per heavy atom. The molecular weight excluding hydrogens is 280 g/mol. The Morgan fingerprint density at radius 2 is 1.04 bits per heavy atom. The third-order valence-corrected chi connectivity index (χ3v) is 4.36. The summed E-state index contributed by atoms with van der Waals surface area (Å²) < 4.78 is 0. The molecule has 0 fully saturated rings. The normalized spacial score (nSPS) is 13.7. The molecule has 2 aromatic carbocycles. The molecule has 2 heteroatoms. The summed E-state index contributed by atoms with van der Waals surface area (Å²) >= 11 is 0. The van der Waals surface area contributed by atoms with E-state index in [-0.39, 0.29) is 0 Å². The van der Waals surface area contributed by atoms with Crippen molar-refractivity contribution >= 4 is 0 Å². The van der Waals surface area contributed by atoms with Crippen molar-refractivity contribution in [2.45, 2.75) is 45.2 Å². The second-order valence-corrected chi connectivity index (χ2v) is 6.00. The summed E-state index contributed by atoms with van der Waals surface area (Å²) in [5.41, 5.74) is 2.78. The fourth-order valence-corrected chi connectivity index (χ4v) is 3.01. The zero-order valence-corrected chi connectivity index (χ0v) is 14.5. The van der Waals surface area contributed by atoms with E-state index in [1.54, 1.807) is 0 Å². The number of nitrogens with one attached hydrogen (secondary N) is 2. The van der Waals surface area contributed by atoms with E-state index in [9.17, 15) is 0 Å². The first-order valence-electron chi connectivity index (χ1n) is 8.91. The van der Waals surface area contributed by atoms with Crippen LogP contribution in [0.1, 0.15) is 56.3 Å². The van der Waals surface area contributed by atoms with Crippen molar-refractivity contribution in [3.63, 3.8) is 0 Å². The van der Waals surface area contributed by atoms with Gasteiger partial charge in [-0.3, -0.25) is 0 Å². The van der Waals surface area contributed by atoms with Gasteiger partial charge < -0.3 is 10.6 Å². The van der Waals surface area contributed by atoms with Crippen LogP contribution in [-0.4, -0.2) is 13.1 Å². The molecule has 0 saturated heterocycles. The van der Waals surface area contributed by atoms with Crippen molar-refractivity contribution in [2.75, 3.05) is 13.1 Å². The van der Waals surface area contributed by atoms with Gasteiger partial charge in [-0.25, -0.2) is 0 Å². The molecule has 0 aliphatic rings. The molecule has 0 spiro atoms. The average molecular weight is 310 g/mol. The lowest BCUT2D eigenvalue weighted by Crippen LogP contribution is -2.27. The molecular formula is C21H30N2. The van der Waals surface area contributed by atoms with Crippen molar-refractivity contribution in [1.82, 2.24) is 10.6 Å². The minimum atomic E-state index is 0.465. The molecule has 23 heavy (non-hydrogen) atoms. The lowest BCUT2D eigenvalue weighted by Gasteiger charge is -2.19. The zero-order chi connectivity index (χ0) is 16.3. The molecule has 2 rings (SSSR count). The minimum Gasteiger partial charge on any atom is -0.310 e. The Hall–Kier alpha value is -1.64. The third-order valence-electron chi connectivity index (χ3n) is 4.36. The predicted molar refractivity (Wildman–Crippen MR) is 99.6 cm³/mol. The maximum absolute atomic E-state index is 3.68. The number of hydrogen-bond donors (Lipinski definition) is 2. The van der Waals surface area contributed by atoms with Gasteiger partial charge in [0.05, 0.1) is 0 Å². The van der Waals surface area contributed by atoms with Crippen LogP contribution in [0.15, 0.2) is 60.7 Å². The number of rotatable bonds is 10. The predicted octanol–water partition coefficient (Wildman–Crippen LogP) is 4.86. The number of hydrogen-bond acceptors (Lipinski definition) is 2. The average Bonchev–Trinajstić information content (AvgIpc) is 2.63. The van der Waals surface area contributed by atoms with Gasteiger partial charge >= 0.3 is 0 Å². The summed E-state index contributed by atoms with van der Waals surface area (Å²) in [5.74, 6) is 0. The molecule has 0 aliphatic heterocycles. The zero-order valence-electron chi connectivity index (χ0n) is 14.5. The first-order valence-corrected chi connectivity index (χ1v) is 8.91. The maximum atomic E-state index is 3.68. The van der Waals surface area contributed by atoms with Gasteiger partial charge in [0.25, 0.3) is 0 Å². The summed E-state index contributed by atoms with van der Waals surface area (Å²) in [6.07, 6.45) is 3.39. The molecule has 0 saturated carbocycles. The van der Waals surface area contributed by atoms with Crippen LogP contribution in [0.4, 0.5) is 0 Å². The van der Waals surface area contributed by atoms with Crippen molar-refractivity contribution in [1.29, 1.82) is 0 Å². The highest BCUT2D eigenvalue weighted by molar-refractivity contribution is 5.19. The highest BCUT2D eigenvalue weighted by atomic mass is 14.9. The van der Waals surface area contributed by atoms with Gasteiger partial charge in [-0.05, 0) is 43.5 Å². The Balaban J connectivity index is 1.70. The van der Waals surface area contributed by atoms with Gasteiger partial charge in [0, 0.05) is 12.1 Å². The molecule has 0 aromatic heterocycles. The molecule has 0 amide bonds. The third kappa shape index (κ3) is 5.81. The molecule has 2 N–H and O–H groups in total. The van der Waals surface area contributed by atoms with Gasteiger partial charge in [0.1, 0.15) is 0 Å². The van der Waals surface area contributed by atoms with Gasteiger partial charge in [0.2, 0.25) is 0 Å². The largest absolute Gasteiger partial charge is 0.310 e. The standard InChI is InChI=1S/C21H30N2/c1-3-20(18-12-7-5-8-13-18)22-16-11-17-23-21(4-2)19-14-9-6-10-15-19/h5-10,12-15,20-23H,3-4,11,16-17H2,1-2H3/t20-,21-/m0/s1. The first-order chi connectivity index (χ1) is 11.3. The molecule has 0 aliphatic carbocycles. The summed E-state index contributed by atoms with van der Waals surface area (Å²) in [6, 6.07) is 22.4. The van der Waals surface area contributed by atoms with Crippen LogP contribution in [0.25, 0.3) is 0 Å². The molecule has 124 valence electrons. The summed E-state index contributed by atoms with van der Waals surface area (Å²) in [7, 11) is 0. The van der Waals surface area contributed by atoms with Gasteiger partial charge in [0.15, 0.2) is 0 Å². The van der Waals surface area contributed by atoms with Crippen LogP contribution in [0.5, 0.6) is 0 Å². The smallest absolute Gasteiger partial charge is 0.0317 e. The molecule has 0 unspecified atom stereocenters. The molecule has 0 bridgehead atoms. The fourth-order valence-electron chi connectivity index (χ4n) is 3.01. The van der Waals surface area contributed by atoms with E-state index in [0.29, 0.717) is 12.1 Å². The molecule has 2 aromatic rings. The highest BCUT2D eigenvalue weighted by Crippen LogP contribution is 2.17. The van der Waals surface area contributed by atoms with Crippen molar-refractivity contribution in [2.24, 2.45) is 0 Å². The van der Waals surface area contributed by atoms with Crippen LogP contribution in [-0.2, 0) is 0 Å². The second kappa shape index (κ2) is 10.2. The van der Waals surface area contributed by atoms with Gasteiger partial charge in [-0.1, -0.05) is 74.5 Å². The quantitative estimate of drug-likeness (QED) is 0.612. The van der Waals surface area contributed by atoms with Gasteiger partial charge in [-0.15, -0.1) is 0 Å². The van der Waals surface area contributed by atoms with Crippen LogP contribution < -0.4 is 10.6 Å². The topological polar surface area (TPSA) is 24.1 Å². The van der Waals surface area contributed by atoms with Crippen molar-refractivity contribution < 1.29 is 0 Å². The van der Waals surface area contributed by atoms with Crippen LogP contribution in [0.3, 0.4) is 0 Å². The molecule has 2 nitrogen and oxygen atoms in total. The lowest BCUT2D eigenvalue weighted by atomic mass is 10.0. The Morgan fingerprint density at radius 1 is 0.652 bits per heavy atom. The van der Waals surface area contributed by atoms with E-state index in [2.05, 4.69) is 85.1 Å². The van der Waals surface area contributed by atoms with Gasteiger partial charge in [-0.2, -0.15) is 0 Å². The monoisotopic (exact) mass is 310 g/mol. The van der Waals surface area contributed by atoms with Crippen molar-refractivity contribution in [3.05, 3.63) is 71.8 Å². The van der Waals surface area contributed by atoms with E-state index >= 15 is 0 Å². The second-order valence-electron chi connectivity index (χ2n) is 6.00. The van der Waals surface area contributed by atoms with E-state index < -0.39 is 0 Å². The lowest BCUT2D eigenvalue weighted by molar-refractivity contribution is 0.470. The summed E-state index contributed by atoms with van der Waals surface area (Å²) in [6.45, 7) is 6.58. The van der Waals surface area contributed by atoms with Crippen LogP contribution >= 0.6 is 0 Å². The van der Waals surface area contributed by atoms with E-state index in [1.165, 1.54) is 11.1 Å². The van der Waals surface area contributed by atoms with Crippen molar-refractivity contribution in [3.8, 4) is 0 Å². The molecule has 0 radical (unpaired) electrons. The first kappa shape index (κ1) is 17.7. The summed E-state index contributed by atoms with van der Waals surface area (Å²) in [4.78, 5) is 0. The Kier molecular flexibility index (Phi) is 7.85. The number of benzene rings is 2. The molecule has 2 atom stereocenters. The van der Waals surface area contributed by atoms with Crippen LogP contribution in [0.2, 0.25) is 0 Å². The van der Waals surface area contributed by atoms with E-state index in [0.717, 1.165) is 32.4 Å². The SMILES string of the molecule is CC[C@H](NCCCN[C@@H](CC)c1ccccc1)c1ccccc1. The minimum absolute atomic E-state index is 0.465. The van der Waals surface area contributed by atoms with E-state index in [1.807, 2.05) is 0 Å². The molecule has 0 heterocycles. The fraction of sp³-hybridized carbons (Fsp3) is 0.429. The summed E-state index contributed by atoms with van der Waals surface area (Å²) in [5, 5.41) is 7.35. The Labute approximate surface area is 141 Å². The van der Waals surface area contributed by atoms with Crippen LogP contribution in [0, 0.1) is 0 Å². The van der Waals surface area contributed by atoms with E-state index in [4.69, 9.17) is 0 Å².